The molecule has 0 amide bonds. The van der Waals surface area contributed by atoms with Crippen molar-refractivity contribution in [2.75, 3.05) is 0 Å². The lowest BCUT2D eigenvalue weighted by atomic mass is 9.99. The number of hydrogen-bond donors (Lipinski definition) is 0. The van der Waals surface area contributed by atoms with E-state index in [1.54, 1.807) is 0 Å². The standard InChI is InChI=1S/C11H16O2Si/c1-14(2,3)13-9-8-10-6-4-5-7-11(10)12/h6H,4-5,7H2,1-3H3. The summed E-state index contributed by atoms with van der Waals surface area (Å²) in [7, 11) is -1.58. The highest BCUT2D eigenvalue weighted by atomic mass is 28.4. The van der Waals surface area contributed by atoms with Crippen molar-refractivity contribution in [2.24, 2.45) is 0 Å². The maximum Gasteiger partial charge on any atom is 0.255 e. The van der Waals surface area contributed by atoms with E-state index in [1.807, 2.05) is 6.08 Å². The van der Waals surface area contributed by atoms with E-state index >= 15 is 0 Å². The van der Waals surface area contributed by atoms with Gasteiger partial charge >= 0.3 is 0 Å². The summed E-state index contributed by atoms with van der Waals surface area (Å²) in [5, 5.41) is 0. The average Bonchev–Trinajstić information content (AvgIpc) is 2.06. The summed E-state index contributed by atoms with van der Waals surface area (Å²) in [5.41, 5.74) is 0.634. The lowest BCUT2D eigenvalue weighted by Gasteiger charge is -2.11. The molecule has 0 fully saturated rings. The van der Waals surface area contributed by atoms with Gasteiger partial charge in [-0.15, -0.1) is 0 Å². The summed E-state index contributed by atoms with van der Waals surface area (Å²) in [5.74, 6) is 2.96. The molecule has 14 heavy (non-hydrogen) atoms. The lowest BCUT2D eigenvalue weighted by Crippen LogP contribution is -2.22. The van der Waals surface area contributed by atoms with E-state index in [0.29, 0.717) is 12.0 Å². The topological polar surface area (TPSA) is 26.3 Å². The second-order valence-corrected chi connectivity index (χ2v) is 8.80. The van der Waals surface area contributed by atoms with Crippen molar-refractivity contribution >= 4 is 14.1 Å². The van der Waals surface area contributed by atoms with Gasteiger partial charge in [0.05, 0.1) is 5.57 Å². The molecule has 0 saturated carbocycles. The minimum Gasteiger partial charge on any atom is -0.501 e. The molecule has 0 bridgehead atoms. The number of carbonyl (C=O) groups excluding carboxylic acids is 1. The van der Waals surface area contributed by atoms with Crippen LogP contribution in [0.1, 0.15) is 19.3 Å². The highest BCUT2D eigenvalue weighted by Gasteiger charge is 2.14. The maximum absolute atomic E-state index is 11.3. The second kappa shape index (κ2) is 4.47. The summed E-state index contributed by atoms with van der Waals surface area (Å²) in [4.78, 5) is 11.3. The first-order valence-corrected chi connectivity index (χ1v) is 8.32. The van der Waals surface area contributed by atoms with Crippen molar-refractivity contribution in [1.82, 2.24) is 0 Å². The minimum absolute atomic E-state index is 0.155. The van der Waals surface area contributed by atoms with Crippen LogP contribution < -0.4 is 0 Å². The Hall–Kier alpha value is -1.01. The Morgan fingerprint density at radius 2 is 2.14 bits per heavy atom. The third-order valence-electron chi connectivity index (χ3n) is 1.80. The van der Waals surface area contributed by atoms with E-state index < -0.39 is 8.32 Å². The smallest absolute Gasteiger partial charge is 0.255 e. The van der Waals surface area contributed by atoms with Crippen LogP contribution >= 0.6 is 0 Å². The summed E-state index contributed by atoms with van der Waals surface area (Å²) >= 11 is 0. The number of hydrogen-bond acceptors (Lipinski definition) is 2. The van der Waals surface area contributed by atoms with E-state index in [9.17, 15) is 4.79 Å². The molecule has 2 nitrogen and oxygen atoms in total. The first-order chi connectivity index (χ1) is 6.49. The van der Waals surface area contributed by atoms with Crippen LogP contribution in [0.25, 0.3) is 0 Å². The van der Waals surface area contributed by atoms with Crippen LogP contribution in [-0.2, 0) is 9.22 Å². The van der Waals surface area contributed by atoms with E-state index in [0.717, 1.165) is 12.8 Å². The zero-order valence-electron chi connectivity index (χ0n) is 9.02. The van der Waals surface area contributed by atoms with Crippen LogP contribution in [0.4, 0.5) is 0 Å². The number of allylic oxidation sites excluding steroid dienone is 2. The molecule has 1 rings (SSSR count). The van der Waals surface area contributed by atoms with Crippen LogP contribution in [0.2, 0.25) is 19.6 Å². The fraction of sp³-hybridized carbons (Fsp3) is 0.545. The second-order valence-electron chi connectivity index (χ2n) is 4.37. The molecule has 0 unspecified atom stereocenters. The van der Waals surface area contributed by atoms with E-state index in [-0.39, 0.29) is 5.78 Å². The zero-order chi connectivity index (χ0) is 10.6. The van der Waals surface area contributed by atoms with E-state index in [4.69, 9.17) is 4.43 Å². The largest absolute Gasteiger partial charge is 0.501 e. The molecule has 0 aromatic carbocycles. The fourth-order valence-electron chi connectivity index (χ4n) is 1.11. The quantitative estimate of drug-likeness (QED) is 0.489. The van der Waals surface area contributed by atoms with Gasteiger partial charge in [0.25, 0.3) is 8.32 Å². The number of rotatable bonds is 1. The van der Waals surface area contributed by atoms with E-state index in [2.05, 4.69) is 31.7 Å². The monoisotopic (exact) mass is 208 g/mol. The molecule has 76 valence electrons. The SMILES string of the molecule is C[Si](C)(C)OC#CC1=CCCCC1=O. The molecular formula is C11H16O2Si. The molecule has 0 spiro atoms. The number of ketones is 1. The molecule has 0 N–H and O–H groups in total. The number of Topliss-reactive ketones (excluding diaryl/α,β-unsaturated/α-hetero) is 1. The average molecular weight is 208 g/mol. The fourth-order valence-corrected chi connectivity index (χ4v) is 1.47. The molecule has 0 aromatic rings. The van der Waals surface area contributed by atoms with Crippen molar-refractivity contribution in [1.29, 1.82) is 0 Å². The molecule has 1 aliphatic rings. The molecule has 0 aromatic heterocycles. The Morgan fingerprint density at radius 3 is 2.71 bits per heavy atom. The van der Waals surface area contributed by atoms with Gasteiger partial charge in [0.2, 0.25) is 0 Å². The Bertz CT molecular complexity index is 312. The highest BCUT2D eigenvalue weighted by molar-refractivity contribution is 6.70. The normalized spacial score (nSPS) is 16.8. The maximum atomic E-state index is 11.3. The van der Waals surface area contributed by atoms with Crippen LogP contribution in [0.3, 0.4) is 0 Å². The first kappa shape index (κ1) is 11.1. The van der Waals surface area contributed by atoms with E-state index in [1.165, 1.54) is 0 Å². The lowest BCUT2D eigenvalue weighted by molar-refractivity contribution is -0.115. The summed E-state index contributed by atoms with van der Waals surface area (Å²) in [6.45, 7) is 6.20. The summed E-state index contributed by atoms with van der Waals surface area (Å²) < 4.78 is 5.37. The van der Waals surface area contributed by atoms with Gasteiger partial charge in [-0.1, -0.05) is 6.08 Å². The third-order valence-corrected chi connectivity index (χ3v) is 2.51. The summed E-state index contributed by atoms with van der Waals surface area (Å²) in [6, 6.07) is 0. The van der Waals surface area contributed by atoms with Gasteiger partial charge < -0.3 is 4.43 Å². The Labute approximate surface area is 86.5 Å². The predicted octanol–water partition coefficient (Wildman–Crippen LogP) is 2.48. The molecule has 0 atom stereocenters. The molecule has 0 heterocycles. The first-order valence-electron chi connectivity index (χ1n) is 4.91. The Morgan fingerprint density at radius 1 is 1.43 bits per heavy atom. The van der Waals surface area contributed by atoms with Gasteiger partial charge in [-0.05, 0) is 38.4 Å². The van der Waals surface area contributed by atoms with Crippen LogP contribution in [0.15, 0.2) is 11.6 Å². The van der Waals surface area contributed by atoms with Gasteiger partial charge in [-0.3, -0.25) is 4.79 Å². The molecule has 0 radical (unpaired) electrons. The Kier molecular flexibility index (Phi) is 3.53. The zero-order valence-corrected chi connectivity index (χ0v) is 10.0. The van der Waals surface area contributed by atoms with Crippen molar-refractivity contribution in [3.05, 3.63) is 11.6 Å². The van der Waals surface area contributed by atoms with Crippen LogP contribution in [-0.4, -0.2) is 14.1 Å². The van der Waals surface area contributed by atoms with Crippen LogP contribution in [0, 0.1) is 12.0 Å². The van der Waals surface area contributed by atoms with Crippen LogP contribution in [0.5, 0.6) is 0 Å². The Balaban J connectivity index is 2.59. The third kappa shape index (κ3) is 3.80. The van der Waals surface area contributed by atoms with Gasteiger partial charge in [0.15, 0.2) is 5.78 Å². The minimum atomic E-state index is -1.58. The van der Waals surface area contributed by atoms with Crippen molar-refractivity contribution < 1.29 is 9.22 Å². The van der Waals surface area contributed by atoms with Gasteiger partial charge in [0.1, 0.15) is 6.11 Å². The molecule has 3 heteroatoms. The van der Waals surface area contributed by atoms with Crippen molar-refractivity contribution in [3.8, 4) is 12.0 Å². The van der Waals surface area contributed by atoms with Crippen molar-refractivity contribution in [2.45, 2.75) is 38.9 Å². The van der Waals surface area contributed by atoms with Gasteiger partial charge in [-0.2, -0.15) is 0 Å². The number of carbonyl (C=O) groups is 1. The molecule has 0 aliphatic heterocycles. The van der Waals surface area contributed by atoms with Gasteiger partial charge in [0, 0.05) is 6.42 Å². The molecule has 0 saturated heterocycles. The summed E-state index contributed by atoms with van der Waals surface area (Å²) in [6.07, 6.45) is 7.11. The molecule has 1 aliphatic carbocycles. The highest BCUT2D eigenvalue weighted by Crippen LogP contribution is 2.13. The van der Waals surface area contributed by atoms with Crippen molar-refractivity contribution in [3.63, 3.8) is 0 Å². The van der Waals surface area contributed by atoms with Gasteiger partial charge in [-0.25, -0.2) is 0 Å². The predicted molar refractivity (Wildman–Crippen MR) is 59.1 cm³/mol. The molecular weight excluding hydrogens is 192 g/mol.